The Morgan fingerprint density at radius 2 is 1.94 bits per heavy atom. The third kappa shape index (κ3) is 5.71. The normalized spacial score (nSPS) is 15.8. The summed E-state index contributed by atoms with van der Waals surface area (Å²) in [5.41, 5.74) is 2.54. The number of aryl methyl sites for hydroxylation is 1. The van der Waals surface area contributed by atoms with E-state index in [4.69, 9.17) is 0 Å². The van der Waals surface area contributed by atoms with Gasteiger partial charge in [-0.25, -0.2) is 4.79 Å². The lowest BCUT2D eigenvalue weighted by atomic mass is 9.97. The molecule has 0 saturated carbocycles. The predicted octanol–water partition coefficient (Wildman–Crippen LogP) is 3.62. The van der Waals surface area contributed by atoms with E-state index in [1.807, 2.05) is 31.2 Å². The minimum absolute atomic E-state index is 0.109. The third-order valence-corrected chi connectivity index (χ3v) is 5.38. The molecule has 1 fully saturated rings. The second-order valence-corrected chi connectivity index (χ2v) is 7.70. The molecule has 164 valence electrons. The number of nitro groups is 1. The molecule has 1 heterocycles. The smallest absolute Gasteiger partial charge is 0.319 e. The maximum absolute atomic E-state index is 13.1. The SMILES string of the molecule is CNc1ccc([N+](=O)[O-])cc1C(=O)N1CCCC(CNC(=O)Nc2ccc(C)cc2)C1. The Morgan fingerprint density at radius 1 is 1.19 bits per heavy atom. The summed E-state index contributed by atoms with van der Waals surface area (Å²) in [5, 5.41) is 19.7. The molecule has 3 amide bonds. The summed E-state index contributed by atoms with van der Waals surface area (Å²) in [6.07, 6.45) is 1.70. The molecule has 1 aliphatic rings. The van der Waals surface area contributed by atoms with Gasteiger partial charge >= 0.3 is 6.03 Å². The minimum Gasteiger partial charge on any atom is -0.387 e. The average Bonchev–Trinajstić information content (AvgIpc) is 2.78. The number of hydrogen-bond acceptors (Lipinski definition) is 5. The molecule has 1 atom stereocenters. The molecule has 2 aromatic rings. The molecule has 2 aromatic carbocycles. The number of carbonyl (C=O) groups excluding carboxylic acids is 2. The highest BCUT2D eigenvalue weighted by atomic mass is 16.6. The van der Waals surface area contributed by atoms with Crippen LogP contribution in [0, 0.1) is 23.0 Å². The van der Waals surface area contributed by atoms with Gasteiger partial charge in [-0.1, -0.05) is 17.7 Å². The Kier molecular flexibility index (Phi) is 7.07. The maximum atomic E-state index is 13.1. The van der Waals surface area contributed by atoms with Crippen LogP contribution in [0.4, 0.5) is 21.9 Å². The number of likely N-dealkylation sites (tertiary alicyclic amines) is 1. The first-order valence-corrected chi connectivity index (χ1v) is 10.2. The summed E-state index contributed by atoms with van der Waals surface area (Å²) in [5.74, 6) is -0.139. The van der Waals surface area contributed by atoms with E-state index < -0.39 is 4.92 Å². The van der Waals surface area contributed by atoms with Crippen molar-refractivity contribution in [2.75, 3.05) is 37.3 Å². The first-order valence-electron chi connectivity index (χ1n) is 10.2. The van der Waals surface area contributed by atoms with Gasteiger partial charge in [-0.3, -0.25) is 14.9 Å². The van der Waals surface area contributed by atoms with Crippen LogP contribution in [0.2, 0.25) is 0 Å². The van der Waals surface area contributed by atoms with Crippen LogP contribution in [0.25, 0.3) is 0 Å². The Morgan fingerprint density at radius 3 is 2.61 bits per heavy atom. The van der Waals surface area contributed by atoms with Crippen LogP contribution in [-0.4, -0.2) is 48.4 Å². The van der Waals surface area contributed by atoms with Gasteiger partial charge in [0.1, 0.15) is 0 Å². The summed E-state index contributed by atoms with van der Waals surface area (Å²) < 4.78 is 0. The van der Waals surface area contributed by atoms with Gasteiger partial charge in [0, 0.05) is 50.2 Å². The summed E-state index contributed by atoms with van der Waals surface area (Å²) in [4.78, 5) is 37.6. The van der Waals surface area contributed by atoms with Crippen molar-refractivity contribution in [3.05, 3.63) is 63.7 Å². The van der Waals surface area contributed by atoms with Crippen LogP contribution in [0.15, 0.2) is 42.5 Å². The van der Waals surface area contributed by atoms with E-state index in [0.29, 0.717) is 31.0 Å². The van der Waals surface area contributed by atoms with Crippen LogP contribution in [0.1, 0.15) is 28.8 Å². The lowest BCUT2D eigenvalue weighted by Gasteiger charge is -2.33. The van der Waals surface area contributed by atoms with Crippen molar-refractivity contribution in [3.63, 3.8) is 0 Å². The zero-order chi connectivity index (χ0) is 22.4. The molecular weight excluding hydrogens is 398 g/mol. The van der Waals surface area contributed by atoms with Gasteiger partial charge in [0.15, 0.2) is 0 Å². The quantitative estimate of drug-likeness (QED) is 0.483. The minimum atomic E-state index is -0.508. The highest BCUT2D eigenvalue weighted by Crippen LogP contribution is 2.25. The van der Waals surface area contributed by atoms with E-state index in [9.17, 15) is 19.7 Å². The topological polar surface area (TPSA) is 117 Å². The number of piperidine rings is 1. The van der Waals surface area contributed by atoms with E-state index in [1.54, 1.807) is 18.0 Å². The molecule has 3 N–H and O–H groups in total. The Labute approximate surface area is 181 Å². The first kappa shape index (κ1) is 22.1. The van der Waals surface area contributed by atoms with Crippen molar-refractivity contribution in [3.8, 4) is 0 Å². The molecule has 9 nitrogen and oxygen atoms in total. The lowest BCUT2D eigenvalue weighted by Crippen LogP contribution is -2.44. The van der Waals surface area contributed by atoms with Gasteiger partial charge in [0.2, 0.25) is 0 Å². The van der Waals surface area contributed by atoms with Gasteiger partial charge in [-0.15, -0.1) is 0 Å². The summed E-state index contributed by atoms with van der Waals surface area (Å²) in [7, 11) is 1.67. The molecule has 31 heavy (non-hydrogen) atoms. The van der Waals surface area contributed by atoms with Crippen LogP contribution in [0.3, 0.4) is 0 Å². The molecule has 9 heteroatoms. The first-order chi connectivity index (χ1) is 14.9. The van der Waals surface area contributed by atoms with Gasteiger partial charge < -0.3 is 20.9 Å². The lowest BCUT2D eigenvalue weighted by molar-refractivity contribution is -0.384. The predicted molar refractivity (Wildman–Crippen MR) is 119 cm³/mol. The van der Waals surface area contributed by atoms with Crippen molar-refractivity contribution in [1.29, 1.82) is 0 Å². The summed E-state index contributed by atoms with van der Waals surface area (Å²) in [6, 6.07) is 11.5. The molecule has 1 saturated heterocycles. The highest BCUT2D eigenvalue weighted by Gasteiger charge is 2.27. The second kappa shape index (κ2) is 9.92. The zero-order valence-electron chi connectivity index (χ0n) is 17.7. The number of nitrogens with zero attached hydrogens (tertiary/aromatic N) is 2. The average molecular weight is 425 g/mol. The Hall–Kier alpha value is -3.62. The highest BCUT2D eigenvalue weighted by molar-refractivity contribution is 6.00. The number of benzene rings is 2. The van der Waals surface area contributed by atoms with Crippen LogP contribution in [-0.2, 0) is 0 Å². The number of anilines is 2. The van der Waals surface area contributed by atoms with Crippen LogP contribution < -0.4 is 16.0 Å². The van der Waals surface area contributed by atoms with Crippen LogP contribution in [0.5, 0.6) is 0 Å². The van der Waals surface area contributed by atoms with E-state index in [-0.39, 0.29) is 29.1 Å². The fourth-order valence-corrected chi connectivity index (χ4v) is 3.68. The van der Waals surface area contributed by atoms with Crippen molar-refractivity contribution in [2.45, 2.75) is 19.8 Å². The molecular formula is C22H27N5O4. The monoisotopic (exact) mass is 425 g/mol. The van der Waals surface area contributed by atoms with E-state index >= 15 is 0 Å². The Bertz CT molecular complexity index is 961. The molecule has 1 unspecified atom stereocenters. The largest absolute Gasteiger partial charge is 0.387 e. The van der Waals surface area contributed by atoms with Gasteiger partial charge in [-0.2, -0.15) is 0 Å². The number of non-ortho nitro benzene ring substituents is 1. The van der Waals surface area contributed by atoms with Crippen molar-refractivity contribution in [2.24, 2.45) is 5.92 Å². The number of amides is 3. The van der Waals surface area contributed by atoms with Gasteiger partial charge in [0.05, 0.1) is 10.5 Å². The molecule has 3 rings (SSSR count). The summed E-state index contributed by atoms with van der Waals surface area (Å²) in [6.45, 7) is 3.48. The fraction of sp³-hybridized carbons (Fsp3) is 0.364. The van der Waals surface area contributed by atoms with Gasteiger partial charge in [-0.05, 0) is 43.9 Å². The molecule has 0 radical (unpaired) electrons. The summed E-state index contributed by atoms with van der Waals surface area (Å²) >= 11 is 0. The van der Waals surface area contributed by atoms with E-state index in [1.165, 1.54) is 12.1 Å². The van der Waals surface area contributed by atoms with Crippen LogP contribution >= 0.6 is 0 Å². The van der Waals surface area contributed by atoms with Crippen molar-refractivity contribution in [1.82, 2.24) is 10.2 Å². The number of hydrogen-bond donors (Lipinski definition) is 3. The second-order valence-electron chi connectivity index (χ2n) is 7.70. The number of nitrogens with one attached hydrogen (secondary N) is 3. The molecule has 0 aliphatic carbocycles. The third-order valence-electron chi connectivity index (χ3n) is 5.38. The van der Waals surface area contributed by atoms with Crippen molar-refractivity contribution < 1.29 is 14.5 Å². The number of carbonyl (C=O) groups is 2. The molecule has 0 spiro atoms. The zero-order valence-corrected chi connectivity index (χ0v) is 17.7. The number of urea groups is 1. The standard InChI is InChI=1S/C22H27N5O4/c1-15-5-7-17(8-6-15)25-22(29)24-13-16-4-3-11-26(14-16)21(28)19-12-18(27(30)31)9-10-20(19)23-2/h5-10,12,16,23H,3-4,11,13-14H2,1-2H3,(H2,24,25,29). The molecule has 1 aliphatic heterocycles. The van der Waals surface area contributed by atoms with E-state index in [2.05, 4.69) is 16.0 Å². The Balaban J connectivity index is 1.59. The maximum Gasteiger partial charge on any atom is 0.319 e. The van der Waals surface area contributed by atoms with Gasteiger partial charge in [0.25, 0.3) is 11.6 Å². The molecule has 0 bridgehead atoms. The molecule has 0 aromatic heterocycles. The fourth-order valence-electron chi connectivity index (χ4n) is 3.68. The number of rotatable bonds is 6. The van der Waals surface area contributed by atoms with Crippen molar-refractivity contribution >= 4 is 29.0 Å². The number of nitro benzene ring substituents is 1. The van der Waals surface area contributed by atoms with E-state index in [0.717, 1.165) is 18.4 Å².